The fourth-order valence-corrected chi connectivity index (χ4v) is 2.96. The molecule has 1 aliphatic heterocycles. The van der Waals surface area contributed by atoms with Gasteiger partial charge in [0.15, 0.2) is 0 Å². The Morgan fingerprint density at radius 2 is 2.37 bits per heavy atom. The van der Waals surface area contributed by atoms with Gasteiger partial charge in [-0.2, -0.15) is 0 Å². The third kappa shape index (κ3) is 2.28. The van der Waals surface area contributed by atoms with E-state index >= 15 is 0 Å². The highest BCUT2D eigenvalue weighted by Crippen LogP contribution is 2.30. The molecule has 0 radical (unpaired) electrons. The molecule has 0 amide bonds. The Bertz CT molecular complexity index is 590. The smallest absolute Gasteiger partial charge is 0.150 e. The summed E-state index contributed by atoms with van der Waals surface area (Å²) >= 11 is 0. The predicted molar refractivity (Wildman–Crippen MR) is 74.4 cm³/mol. The van der Waals surface area contributed by atoms with Crippen molar-refractivity contribution in [2.45, 2.75) is 32.2 Å². The monoisotopic (exact) mass is 257 g/mol. The normalized spacial score (nSPS) is 20.8. The third-order valence-corrected chi connectivity index (χ3v) is 4.00. The number of carbonyl (C=O) groups is 1. The summed E-state index contributed by atoms with van der Waals surface area (Å²) in [5.74, 6) is 0. The first-order chi connectivity index (χ1) is 9.31. The minimum Gasteiger partial charge on any atom is -0.307 e. The van der Waals surface area contributed by atoms with Gasteiger partial charge in [0.05, 0.1) is 11.7 Å². The number of aromatic nitrogens is 2. The quantitative estimate of drug-likeness (QED) is 0.793. The Hall–Kier alpha value is -1.68. The molecule has 1 saturated heterocycles. The number of nitrogens with zero attached hydrogens (tertiary/aromatic N) is 3. The van der Waals surface area contributed by atoms with Gasteiger partial charge >= 0.3 is 0 Å². The molecule has 3 heterocycles. The Kier molecular flexibility index (Phi) is 3.34. The summed E-state index contributed by atoms with van der Waals surface area (Å²) in [6, 6.07) is 4.10. The minimum atomic E-state index is 0.429. The first kappa shape index (κ1) is 12.4. The molecule has 4 heteroatoms. The summed E-state index contributed by atoms with van der Waals surface area (Å²) in [6.07, 6.45) is 8.62. The van der Waals surface area contributed by atoms with Crippen LogP contribution in [0.5, 0.6) is 0 Å². The van der Waals surface area contributed by atoms with Crippen LogP contribution in [0.3, 0.4) is 0 Å². The van der Waals surface area contributed by atoms with Gasteiger partial charge in [-0.15, -0.1) is 0 Å². The van der Waals surface area contributed by atoms with E-state index in [2.05, 4.69) is 18.0 Å². The van der Waals surface area contributed by atoms with Crippen molar-refractivity contribution >= 4 is 11.9 Å². The third-order valence-electron chi connectivity index (χ3n) is 4.00. The zero-order valence-corrected chi connectivity index (χ0v) is 11.2. The molecule has 1 unspecified atom stereocenters. The maximum absolute atomic E-state index is 10.8. The van der Waals surface area contributed by atoms with Crippen molar-refractivity contribution < 1.29 is 4.79 Å². The molecule has 1 fully saturated rings. The number of likely N-dealkylation sites (tertiary alicyclic amines) is 1. The number of aldehydes is 1. The standard InChI is InChI=1S/C15H19N3O/c1-2-17-7-4-3-5-14(17)13-10-18-8-6-12(11-19)9-15(18)16-13/h6,8-11,14H,2-5,7H2,1H3. The highest BCUT2D eigenvalue weighted by molar-refractivity contribution is 5.76. The molecule has 0 aromatic carbocycles. The molecular formula is C15H19N3O. The van der Waals surface area contributed by atoms with Crippen LogP contribution in [0.2, 0.25) is 0 Å². The fourth-order valence-electron chi connectivity index (χ4n) is 2.96. The average molecular weight is 257 g/mol. The van der Waals surface area contributed by atoms with Crippen LogP contribution in [0.4, 0.5) is 0 Å². The molecule has 4 nitrogen and oxygen atoms in total. The lowest BCUT2D eigenvalue weighted by molar-refractivity contribution is 0.112. The van der Waals surface area contributed by atoms with E-state index in [4.69, 9.17) is 4.98 Å². The molecule has 0 saturated carbocycles. The molecule has 0 aliphatic carbocycles. The van der Waals surface area contributed by atoms with Crippen LogP contribution < -0.4 is 0 Å². The molecule has 2 aromatic heterocycles. The average Bonchev–Trinajstić information content (AvgIpc) is 2.89. The van der Waals surface area contributed by atoms with E-state index in [0.29, 0.717) is 11.6 Å². The number of hydrogen-bond acceptors (Lipinski definition) is 3. The van der Waals surface area contributed by atoms with E-state index in [0.717, 1.165) is 30.7 Å². The summed E-state index contributed by atoms with van der Waals surface area (Å²) in [7, 11) is 0. The zero-order chi connectivity index (χ0) is 13.2. The lowest BCUT2D eigenvalue weighted by atomic mass is 10.00. The van der Waals surface area contributed by atoms with Crippen molar-refractivity contribution in [2.75, 3.05) is 13.1 Å². The van der Waals surface area contributed by atoms with Crippen molar-refractivity contribution in [3.63, 3.8) is 0 Å². The first-order valence-corrected chi connectivity index (χ1v) is 6.99. The number of carbonyl (C=O) groups excluding carboxylic acids is 1. The van der Waals surface area contributed by atoms with Crippen LogP contribution in [0.25, 0.3) is 5.65 Å². The molecule has 3 rings (SSSR count). The number of piperidine rings is 1. The second kappa shape index (κ2) is 5.13. The summed E-state index contributed by atoms with van der Waals surface area (Å²) in [5.41, 5.74) is 2.67. The van der Waals surface area contributed by atoms with Gasteiger partial charge in [-0.1, -0.05) is 13.3 Å². The van der Waals surface area contributed by atoms with Gasteiger partial charge in [0.2, 0.25) is 0 Å². The topological polar surface area (TPSA) is 37.6 Å². The molecule has 1 atom stereocenters. The summed E-state index contributed by atoms with van der Waals surface area (Å²) in [5, 5.41) is 0. The summed E-state index contributed by atoms with van der Waals surface area (Å²) in [6.45, 7) is 4.44. The van der Waals surface area contributed by atoms with E-state index in [9.17, 15) is 4.79 Å². The molecule has 0 spiro atoms. The van der Waals surface area contributed by atoms with Crippen molar-refractivity contribution in [1.82, 2.24) is 14.3 Å². The van der Waals surface area contributed by atoms with Crippen LogP contribution >= 0.6 is 0 Å². The van der Waals surface area contributed by atoms with Crippen molar-refractivity contribution in [3.8, 4) is 0 Å². The van der Waals surface area contributed by atoms with Crippen LogP contribution in [0.15, 0.2) is 24.5 Å². The molecular weight excluding hydrogens is 238 g/mol. The van der Waals surface area contributed by atoms with Gasteiger partial charge in [-0.25, -0.2) is 4.98 Å². The predicted octanol–water partition coefficient (Wildman–Crippen LogP) is 2.69. The lowest BCUT2D eigenvalue weighted by Gasteiger charge is -2.33. The van der Waals surface area contributed by atoms with Crippen molar-refractivity contribution in [1.29, 1.82) is 0 Å². The lowest BCUT2D eigenvalue weighted by Crippen LogP contribution is -2.33. The molecule has 19 heavy (non-hydrogen) atoms. The minimum absolute atomic E-state index is 0.429. The number of rotatable bonds is 3. The van der Waals surface area contributed by atoms with Gasteiger partial charge < -0.3 is 4.40 Å². The van der Waals surface area contributed by atoms with Crippen molar-refractivity contribution in [2.24, 2.45) is 0 Å². The largest absolute Gasteiger partial charge is 0.307 e. The second-order valence-electron chi connectivity index (χ2n) is 5.15. The van der Waals surface area contributed by atoms with E-state index in [1.165, 1.54) is 19.3 Å². The first-order valence-electron chi connectivity index (χ1n) is 6.99. The number of imidazole rings is 1. The van der Waals surface area contributed by atoms with E-state index in [1.807, 2.05) is 22.7 Å². The van der Waals surface area contributed by atoms with Crippen molar-refractivity contribution in [3.05, 3.63) is 35.8 Å². The highest BCUT2D eigenvalue weighted by atomic mass is 16.1. The SMILES string of the molecule is CCN1CCCCC1c1cn2ccc(C=O)cc2n1. The van der Waals surface area contributed by atoms with Gasteiger partial charge in [0.25, 0.3) is 0 Å². The zero-order valence-electron chi connectivity index (χ0n) is 11.2. The van der Waals surface area contributed by atoms with Gasteiger partial charge in [0, 0.05) is 18.0 Å². The second-order valence-corrected chi connectivity index (χ2v) is 5.15. The number of pyridine rings is 1. The van der Waals surface area contributed by atoms with E-state index < -0.39 is 0 Å². The molecule has 100 valence electrons. The fraction of sp³-hybridized carbons (Fsp3) is 0.467. The van der Waals surface area contributed by atoms with Crippen LogP contribution in [-0.4, -0.2) is 33.7 Å². The van der Waals surface area contributed by atoms with E-state index in [-0.39, 0.29) is 0 Å². The molecule has 0 bridgehead atoms. The molecule has 0 N–H and O–H groups in total. The maximum Gasteiger partial charge on any atom is 0.150 e. The Labute approximate surface area is 113 Å². The molecule has 2 aromatic rings. The van der Waals surface area contributed by atoms with E-state index in [1.54, 1.807) is 0 Å². The van der Waals surface area contributed by atoms with Gasteiger partial charge in [-0.05, 0) is 38.1 Å². The Balaban J connectivity index is 1.97. The van der Waals surface area contributed by atoms with Gasteiger partial charge in [0.1, 0.15) is 11.9 Å². The Morgan fingerprint density at radius 3 is 3.16 bits per heavy atom. The summed E-state index contributed by atoms with van der Waals surface area (Å²) in [4.78, 5) is 18.0. The highest BCUT2D eigenvalue weighted by Gasteiger charge is 2.24. The maximum atomic E-state index is 10.8. The molecule has 1 aliphatic rings. The van der Waals surface area contributed by atoms with Crippen LogP contribution in [0.1, 0.15) is 48.3 Å². The van der Waals surface area contributed by atoms with Gasteiger partial charge in [-0.3, -0.25) is 9.69 Å². The summed E-state index contributed by atoms with van der Waals surface area (Å²) < 4.78 is 2.00. The van der Waals surface area contributed by atoms with Crippen LogP contribution in [-0.2, 0) is 0 Å². The number of hydrogen-bond donors (Lipinski definition) is 0. The Morgan fingerprint density at radius 1 is 1.47 bits per heavy atom. The van der Waals surface area contributed by atoms with Crippen LogP contribution in [0, 0.1) is 0 Å². The number of fused-ring (bicyclic) bond motifs is 1.